The van der Waals surface area contributed by atoms with E-state index < -0.39 is 0 Å². The van der Waals surface area contributed by atoms with Crippen LogP contribution < -0.4 is 10.2 Å². The quantitative estimate of drug-likeness (QED) is 0.712. The standard InChI is InChI=1S/C21H25N7O/c1-26(14-16-4-2-3-8-23-16)21(29)15-12-27(13-15)20-17-5-9-22-10-6-18(17)25-19-7-11-24-28(19)20/h2-4,7-8,11,15,22H,5-6,9-10,12-14H2,1H3. The van der Waals surface area contributed by atoms with E-state index in [1.165, 1.54) is 5.56 Å². The first-order chi connectivity index (χ1) is 14.2. The Bertz CT molecular complexity index is 1030. The van der Waals surface area contributed by atoms with Gasteiger partial charge in [0.2, 0.25) is 5.91 Å². The summed E-state index contributed by atoms with van der Waals surface area (Å²) < 4.78 is 1.93. The number of nitrogens with one attached hydrogen (secondary N) is 1. The lowest BCUT2D eigenvalue weighted by molar-refractivity contribution is -0.135. The number of amides is 1. The van der Waals surface area contributed by atoms with Crippen LogP contribution in [0.4, 0.5) is 5.82 Å². The minimum Gasteiger partial charge on any atom is -0.354 e. The highest BCUT2D eigenvalue weighted by Gasteiger charge is 2.37. The fourth-order valence-electron chi connectivity index (χ4n) is 4.27. The van der Waals surface area contributed by atoms with Crippen molar-refractivity contribution in [3.8, 4) is 0 Å². The van der Waals surface area contributed by atoms with Gasteiger partial charge in [-0.05, 0) is 25.1 Å². The molecular weight excluding hydrogens is 366 g/mol. The zero-order valence-corrected chi connectivity index (χ0v) is 16.6. The molecule has 2 aliphatic rings. The van der Waals surface area contributed by atoms with Gasteiger partial charge in [-0.3, -0.25) is 9.78 Å². The molecule has 1 N–H and O–H groups in total. The van der Waals surface area contributed by atoms with Crippen molar-refractivity contribution in [2.24, 2.45) is 5.92 Å². The molecule has 0 saturated carbocycles. The van der Waals surface area contributed by atoms with Gasteiger partial charge in [-0.1, -0.05) is 6.07 Å². The third kappa shape index (κ3) is 3.33. The maximum atomic E-state index is 12.9. The summed E-state index contributed by atoms with van der Waals surface area (Å²) >= 11 is 0. The van der Waals surface area contributed by atoms with Crippen LogP contribution in [0, 0.1) is 5.92 Å². The van der Waals surface area contributed by atoms with E-state index in [2.05, 4.69) is 20.3 Å². The van der Waals surface area contributed by atoms with Crippen molar-refractivity contribution >= 4 is 17.4 Å². The molecular formula is C21H25N7O. The Morgan fingerprint density at radius 1 is 1.21 bits per heavy atom. The molecule has 0 aromatic carbocycles. The summed E-state index contributed by atoms with van der Waals surface area (Å²) in [6.45, 7) is 3.85. The Balaban J connectivity index is 1.34. The molecule has 1 saturated heterocycles. The van der Waals surface area contributed by atoms with Gasteiger partial charge in [0.25, 0.3) is 0 Å². The van der Waals surface area contributed by atoms with Crippen LogP contribution >= 0.6 is 0 Å². The molecule has 0 unspecified atom stereocenters. The maximum absolute atomic E-state index is 12.9. The number of anilines is 1. The summed E-state index contributed by atoms with van der Waals surface area (Å²) in [4.78, 5) is 26.1. The van der Waals surface area contributed by atoms with E-state index in [0.29, 0.717) is 19.6 Å². The summed E-state index contributed by atoms with van der Waals surface area (Å²) in [5.74, 6) is 1.28. The summed E-state index contributed by atoms with van der Waals surface area (Å²) in [5, 5.41) is 7.96. The average molecular weight is 391 g/mol. The second-order valence-corrected chi connectivity index (χ2v) is 7.83. The first kappa shape index (κ1) is 18.1. The Kier molecular flexibility index (Phi) is 4.63. The van der Waals surface area contributed by atoms with Gasteiger partial charge in [0.05, 0.1) is 30.0 Å². The first-order valence-corrected chi connectivity index (χ1v) is 10.2. The second kappa shape index (κ2) is 7.44. The number of carbonyl (C=O) groups is 1. The molecule has 3 aromatic rings. The third-order valence-corrected chi connectivity index (χ3v) is 5.81. The van der Waals surface area contributed by atoms with Crippen molar-refractivity contribution in [1.29, 1.82) is 0 Å². The molecule has 29 heavy (non-hydrogen) atoms. The van der Waals surface area contributed by atoms with Crippen molar-refractivity contribution in [3.05, 3.63) is 53.6 Å². The van der Waals surface area contributed by atoms with Gasteiger partial charge in [0.1, 0.15) is 5.82 Å². The van der Waals surface area contributed by atoms with Crippen molar-refractivity contribution in [2.75, 3.05) is 38.1 Å². The molecule has 5 rings (SSSR count). The van der Waals surface area contributed by atoms with E-state index in [1.54, 1.807) is 17.3 Å². The van der Waals surface area contributed by atoms with Crippen LogP contribution in [0.3, 0.4) is 0 Å². The highest BCUT2D eigenvalue weighted by Crippen LogP contribution is 2.32. The minimum atomic E-state index is 0.00189. The van der Waals surface area contributed by atoms with E-state index in [1.807, 2.05) is 35.8 Å². The molecule has 0 bridgehead atoms. The van der Waals surface area contributed by atoms with Gasteiger partial charge in [-0.15, -0.1) is 0 Å². The van der Waals surface area contributed by atoms with E-state index in [-0.39, 0.29) is 11.8 Å². The second-order valence-electron chi connectivity index (χ2n) is 7.83. The molecule has 150 valence electrons. The SMILES string of the molecule is CN(Cc1ccccn1)C(=O)C1CN(c2c3c(nc4ccnn24)CCNCC3)C1. The van der Waals surface area contributed by atoms with Crippen LogP contribution in [-0.4, -0.2) is 63.6 Å². The Labute approximate surface area is 169 Å². The van der Waals surface area contributed by atoms with Crippen LogP contribution in [0.2, 0.25) is 0 Å². The van der Waals surface area contributed by atoms with Gasteiger partial charge in [-0.25, -0.2) is 4.98 Å². The lowest BCUT2D eigenvalue weighted by atomic mass is 9.96. The Morgan fingerprint density at radius 2 is 2.07 bits per heavy atom. The fourth-order valence-corrected chi connectivity index (χ4v) is 4.27. The number of fused-ring (bicyclic) bond motifs is 2. The summed E-state index contributed by atoms with van der Waals surface area (Å²) in [7, 11) is 1.86. The molecule has 5 heterocycles. The van der Waals surface area contributed by atoms with Crippen molar-refractivity contribution in [3.63, 3.8) is 0 Å². The van der Waals surface area contributed by atoms with Gasteiger partial charge in [0, 0.05) is 50.9 Å². The van der Waals surface area contributed by atoms with Gasteiger partial charge in [0.15, 0.2) is 5.65 Å². The van der Waals surface area contributed by atoms with Crippen LogP contribution in [-0.2, 0) is 24.2 Å². The van der Waals surface area contributed by atoms with E-state index in [0.717, 1.165) is 48.8 Å². The Morgan fingerprint density at radius 3 is 2.90 bits per heavy atom. The number of hydrogen-bond acceptors (Lipinski definition) is 6. The molecule has 0 atom stereocenters. The molecule has 0 spiro atoms. The third-order valence-electron chi connectivity index (χ3n) is 5.81. The number of aromatic nitrogens is 4. The molecule has 1 fully saturated rings. The van der Waals surface area contributed by atoms with Crippen LogP contribution in [0.15, 0.2) is 36.7 Å². The molecule has 1 amide bonds. The highest BCUT2D eigenvalue weighted by molar-refractivity contribution is 5.82. The lowest BCUT2D eigenvalue weighted by Gasteiger charge is -2.42. The lowest BCUT2D eigenvalue weighted by Crippen LogP contribution is -2.54. The van der Waals surface area contributed by atoms with Crippen LogP contribution in [0.1, 0.15) is 17.0 Å². The van der Waals surface area contributed by atoms with Gasteiger partial charge in [-0.2, -0.15) is 9.61 Å². The van der Waals surface area contributed by atoms with E-state index in [9.17, 15) is 4.79 Å². The van der Waals surface area contributed by atoms with Gasteiger partial charge < -0.3 is 15.1 Å². The van der Waals surface area contributed by atoms with Crippen molar-refractivity contribution in [2.45, 2.75) is 19.4 Å². The molecule has 3 aromatic heterocycles. The van der Waals surface area contributed by atoms with Crippen LogP contribution in [0.5, 0.6) is 0 Å². The summed E-state index contributed by atoms with van der Waals surface area (Å²) in [6.07, 6.45) is 5.42. The zero-order valence-electron chi connectivity index (χ0n) is 16.6. The monoisotopic (exact) mass is 391 g/mol. The predicted molar refractivity (Wildman–Crippen MR) is 110 cm³/mol. The number of carbonyl (C=O) groups excluding carboxylic acids is 1. The molecule has 2 aliphatic heterocycles. The van der Waals surface area contributed by atoms with E-state index in [4.69, 9.17) is 4.98 Å². The number of rotatable bonds is 4. The highest BCUT2D eigenvalue weighted by atomic mass is 16.2. The van der Waals surface area contributed by atoms with Gasteiger partial charge >= 0.3 is 0 Å². The predicted octanol–water partition coefficient (Wildman–Crippen LogP) is 0.907. The summed E-state index contributed by atoms with van der Waals surface area (Å²) in [5.41, 5.74) is 4.20. The number of hydrogen-bond donors (Lipinski definition) is 1. The molecule has 0 aliphatic carbocycles. The van der Waals surface area contributed by atoms with Crippen LogP contribution in [0.25, 0.3) is 5.65 Å². The average Bonchev–Trinajstić information content (AvgIpc) is 3.03. The smallest absolute Gasteiger partial charge is 0.229 e. The largest absolute Gasteiger partial charge is 0.354 e. The minimum absolute atomic E-state index is 0.00189. The molecule has 0 radical (unpaired) electrons. The zero-order chi connectivity index (χ0) is 19.8. The number of pyridine rings is 1. The Hall–Kier alpha value is -3.00. The normalized spacial score (nSPS) is 16.9. The maximum Gasteiger partial charge on any atom is 0.229 e. The van der Waals surface area contributed by atoms with Crippen molar-refractivity contribution < 1.29 is 4.79 Å². The first-order valence-electron chi connectivity index (χ1n) is 10.2. The number of nitrogens with zero attached hydrogens (tertiary/aromatic N) is 6. The molecule has 8 nitrogen and oxygen atoms in total. The fraction of sp³-hybridized carbons (Fsp3) is 0.429. The van der Waals surface area contributed by atoms with E-state index >= 15 is 0 Å². The summed E-state index contributed by atoms with van der Waals surface area (Å²) in [6, 6.07) is 7.74. The molecule has 8 heteroatoms. The van der Waals surface area contributed by atoms with Crippen molar-refractivity contribution in [1.82, 2.24) is 29.8 Å². The topological polar surface area (TPSA) is 78.7 Å².